The van der Waals surface area contributed by atoms with E-state index in [1.807, 2.05) is 0 Å². The van der Waals surface area contributed by atoms with Crippen LogP contribution in [0.15, 0.2) is 24.3 Å². The first-order valence-corrected chi connectivity index (χ1v) is 7.86. The van der Waals surface area contributed by atoms with E-state index in [4.69, 9.17) is 0 Å². The van der Waals surface area contributed by atoms with Crippen LogP contribution in [0.1, 0.15) is 32.2 Å². The summed E-state index contributed by atoms with van der Waals surface area (Å²) >= 11 is 1.47. The van der Waals surface area contributed by atoms with Gasteiger partial charge in [-0.3, -0.25) is 0 Å². The second-order valence-corrected chi connectivity index (χ2v) is 7.30. The molecule has 0 radical (unpaired) electrons. The lowest BCUT2D eigenvalue weighted by atomic mass is 9.96. The molecular weight excluding hydrogens is 280 g/mol. The molecule has 114 valence electrons. The van der Waals surface area contributed by atoms with Crippen LogP contribution in [0.4, 0.5) is 10.8 Å². The maximum atomic E-state index is 4.66. The molecule has 0 fully saturated rings. The van der Waals surface area contributed by atoms with Gasteiger partial charge in [0.1, 0.15) is 5.82 Å². The van der Waals surface area contributed by atoms with Gasteiger partial charge >= 0.3 is 0 Å². The predicted molar refractivity (Wildman–Crippen MR) is 91.5 cm³/mol. The molecule has 0 amide bonds. The molecule has 0 saturated heterocycles. The van der Waals surface area contributed by atoms with Crippen molar-refractivity contribution in [3.05, 3.63) is 35.7 Å². The largest absolute Gasteiger partial charge is 0.378 e. The lowest BCUT2D eigenvalue weighted by Crippen LogP contribution is -2.18. The van der Waals surface area contributed by atoms with Gasteiger partial charge in [0.25, 0.3) is 0 Å². The van der Waals surface area contributed by atoms with Gasteiger partial charge in [-0.05, 0) is 17.7 Å². The Balaban J connectivity index is 2.12. The summed E-state index contributed by atoms with van der Waals surface area (Å²) in [5.74, 6) is 0.913. The summed E-state index contributed by atoms with van der Waals surface area (Å²) in [5, 5.41) is 0.968. The smallest absolute Gasteiger partial charge is 0.205 e. The molecule has 0 bridgehead atoms. The van der Waals surface area contributed by atoms with Crippen molar-refractivity contribution in [3.63, 3.8) is 0 Å². The van der Waals surface area contributed by atoms with E-state index in [1.165, 1.54) is 22.8 Å². The average Bonchev–Trinajstić information content (AvgIpc) is 2.88. The van der Waals surface area contributed by atoms with Crippen molar-refractivity contribution >= 4 is 22.4 Å². The van der Waals surface area contributed by atoms with Crippen molar-refractivity contribution in [2.45, 2.75) is 32.7 Å². The molecular formula is C16H24N4S. The van der Waals surface area contributed by atoms with Crippen LogP contribution in [0.25, 0.3) is 0 Å². The van der Waals surface area contributed by atoms with Crippen LogP contribution < -0.4 is 9.80 Å². The second-order valence-electron chi connectivity index (χ2n) is 6.57. The zero-order valence-corrected chi connectivity index (χ0v) is 14.5. The maximum absolute atomic E-state index is 4.66. The molecule has 0 unspecified atom stereocenters. The van der Waals surface area contributed by atoms with Crippen LogP contribution >= 0.6 is 11.5 Å². The Morgan fingerprint density at radius 2 is 1.86 bits per heavy atom. The van der Waals surface area contributed by atoms with Gasteiger partial charge < -0.3 is 9.80 Å². The van der Waals surface area contributed by atoms with Crippen LogP contribution in [0.2, 0.25) is 0 Å². The summed E-state index contributed by atoms with van der Waals surface area (Å²) in [5.41, 5.74) is 2.49. The topological polar surface area (TPSA) is 32.3 Å². The molecule has 21 heavy (non-hydrogen) atoms. The normalized spacial score (nSPS) is 11.5. The average molecular weight is 304 g/mol. The Morgan fingerprint density at radius 1 is 1.14 bits per heavy atom. The van der Waals surface area contributed by atoms with Gasteiger partial charge in [-0.1, -0.05) is 32.9 Å². The summed E-state index contributed by atoms with van der Waals surface area (Å²) in [6.07, 6.45) is 0. The van der Waals surface area contributed by atoms with E-state index in [-0.39, 0.29) is 5.41 Å². The van der Waals surface area contributed by atoms with Crippen molar-refractivity contribution in [1.82, 2.24) is 9.36 Å². The highest BCUT2D eigenvalue weighted by Gasteiger charge is 2.20. The van der Waals surface area contributed by atoms with Crippen LogP contribution in [0.3, 0.4) is 0 Å². The third-order valence-corrected chi connectivity index (χ3v) is 4.09. The van der Waals surface area contributed by atoms with Crippen molar-refractivity contribution in [1.29, 1.82) is 0 Å². The molecule has 0 spiro atoms. The Kier molecular flexibility index (Phi) is 4.52. The first-order valence-electron chi connectivity index (χ1n) is 7.09. The van der Waals surface area contributed by atoms with Crippen molar-refractivity contribution in [2.75, 3.05) is 30.9 Å². The van der Waals surface area contributed by atoms with E-state index in [9.17, 15) is 0 Å². The van der Waals surface area contributed by atoms with Gasteiger partial charge in [-0.2, -0.15) is 4.37 Å². The first kappa shape index (κ1) is 15.8. The monoisotopic (exact) mass is 304 g/mol. The molecule has 5 heteroatoms. The summed E-state index contributed by atoms with van der Waals surface area (Å²) in [6, 6.07) is 8.57. The minimum Gasteiger partial charge on any atom is -0.378 e. The lowest BCUT2D eigenvalue weighted by Gasteiger charge is -2.18. The molecule has 4 nitrogen and oxygen atoms in total. The van der Waals surface area contributed by atoms with Crippen LogP contribution in [0.5, 0.6) is 0 Å². The predicted octanol–water partition coefficient (Wildman–Crippen LogP) is 3.54. The van der Waals surface area contributed by atoms with E-state index in [0.29, 0.717) is 0 Å². The highest BCUT2D eigenvalue weighted by Crippen LogP contribution is 2.26. The van der Waals surface area contributed by atoms with E-state index in [2.05, 4.69) is 85.3 Å². The first-order chi connectivity index (χ1) is 9.77. The number of hydrogen-bond acceptors (Lipinski definition) is 5. The molecule has 0 saturated carbocycles. The summed E-state index contributed by atoms with van der Waals surface area (Å²) in [4.78, 5) is 8.93. The molecule has 0 aliphatic rings. The van der Waals surface area contributed by atoms with Crippen molar-refractivity contribution in [3.8, 4) is 0 Å². The molecule has 0 aliphatic heterocycles. The zero-order valence-electron chi connectivity index (χ0n) is 13.7. The standard InChI is InChI=1S/C16H24N4S/c1-16(2,3)14-17-15(21-18-14)20(6)11-12-8-7-9-13(10-12)19(4)5/h7-10H,11H2,1-6H3. The summed E-state index contributed by atoms with van der Waals surface area (Å²) in [6.45, 7) is 7.25. The minimum absolute atomic E-state index is 0.000426. The fourth-order valence-corrected chi connectivity index (χ4v) is 2.76. The summed E-state index contributed by atoms with van der Waals surface area (Å²) < 4.78 is 4.48. The Morgan fingerprint density at radius 3 is 2.43 bits per heavy atom. The van der Waals surface area contributed by atoms with E-state index in [0.717, 1.165) is 17.5 Å². The minimum atomic E-state index is 0.000426. The van der Waals surface area contributed by atoms with Gasteiger partial charge in [-0.25, -0.2) is 4.98 Å². The molecule has 0 aliphatic carbocycles. The van der Waals surface area contributed by atoms with E-state index < -0.39 is 0 Å². The quantitative estimate of drug-likeness (QED) is 0.865. The number of rotatable bonds is 4. The van der Waals surface area contributed by atoms with Gasteiger partial charge in [-0.15, -0.1) is 0 Å². The van der Waals surface area contributed by atoms with E-state index in [1.54, 1.807) is 0 Å². The highest BCUT2D eigenvalue weighted by atomic mass is 32.1. The summed E-state index contributed by atoms with van der Waals surface area (Å²) in [7, 11) is 6.18. The van der Waals surface area contributed by atoms with Crippen LogP contribution in [-0.2, 0) is 12.0 Å². The molecule has 1 aromatic carbocycles. The van der Waals surface area contributed by atoms with E-state index >= 15 is 0 Å². The SMILES string of the molecule is CN(C)c1cccc(CN(C)c2nc(C(C)(C)C)ns2)c1. The third-order valence-electron chi connectivity index (χ3n) is 3.26. The molecule has 2 aromatic rings. The van der Waals surface area contributed by atoms with Crippen molar-refractivity contribution < 1.29 is 0 Å². The number of nitrogens with zero attached hydrogens (tertiary/aromatic N) is 4. The maximum Gasteiger partial charge on any atom is 0.205 e. The Hall–Kier alpha value is -1.62. The second kappa shape index (κ2) is 6.02. The van der Waals surface area contributed by atoms with Crippen molar-refractivity contribution in [2.24, 2.45) is 0 Å². The fraction of sp³-hybridized carbons (Fsp3) is 0.500. The molecule has 1 heterocycles. The van der Waals surface area contributed by atoms with Crippen LogP contribution in [0, 0.1) is 0 Å². The number of hydrogen-bond donors (Lipinski definition) is 0. The molecule has 0 N–H and O–H groups in total. The highest BCUT2D eigenvalue weighted by molar-refractivity contribution is 7.09. The van der Waals surface area contributed by atoms with Gasteiger partial charge in [0.2, 0.25) is 5.13 Å². The molecule has 1 aromatic heterocycles. The van der Waals surface area contributed by atoms with Crippen LogP contribution in [-0.4, -0.2) is 30.5 Å². The fourth-order valence-electron chi connectivity index (χ4n) is 1.95. The number of benzene rings is 1. The molecule has 2 rings (SSSR count). The van der Waals surface area contributed by atoms with Gasteiger partial charge in [0.05, 0.1) is 0 Å². The van der Waals surface area contributed by atoms with Gasteiger partial charge in [0.15, 0.2) is 0 Å². The lowest BCUT2D eigenvalue weighted by molar-refractivity contribution is 0.554. The van der Waals surface area contributed by atoms with Gasteiger partial charge in [0, 0.05) is 50.3 Å². The Bertz CT molecular complexity index is 598. The number of aromatic nitrogens is 2. The number of anilines is 2. The molecule has 0 atom stereocenters. The zero-order chi connectivity index (χ0) is 15.6. The Labute approximate surface area is 131 Å². The third kappa shape index (κ3) is 3.94.